The summed E-state index contributed by atoms with van der Waals surface area (Å²) < 4.78 is 5.06. The molecule has 19 heavy (non-hydrogen) atoms. The second-order valence-corrected chi connectivity index (χ2v) is 5.29. The normalized spacial score (nSPS) is 23.6. The molecule has 0 spiro atoms. The van der Waals surface area contributed by atoms with Crippen LogP contribution in [0.5, 0.6) is 0 Å². The van der Waals surface area contributed by atoms with E-state index in [0.29, 0.717) is 0 Å². The van der Waals surface area contributed by atoms with Crippen molar-refractivity contribution in [1.29, 1.82) is 0 Å². The first kappa shape index (κ1) is 15.1. The van der Waals surface area contributed by atoms with Crippen molar-refractivity contribution in [3.8, 4) is 0 Å². The number of carboxylic acid groups (broad SMARTS) is 1. The second-order valence-electron chi connectivity index (χ2n) is 5.29. The van der Waals surface area contributed by atoms with Crippen molar-refractivity contribution in [2.75, 3.05) is 13.1 Å². The Bertz CT molecular complexity index is 377. The predicted molar refractivity (Wildman–Crippen MR) is 65.7 cm³/mol. The number of alkyl carbamates (subject to hydrolysis) is 1. The molecule has 1 fully saturated rings. The molecule has 2 atom stereocenters. The largest absolute Gasteiger partial charge is 0.481 e. The van der Waals surface area contributed by atoms with Crippen LogP contribution in [-0.2, 0) is 9.53 Å². The van der Waals surface area contributed by atoms with Crippen LogP contribution in [-0.4, -0.2) is 47.9 Å². The number of nitrogens with one attached hydrogen (secondary N) is 3. The lowest BCUT2D eigenvalue weighted by Crippen LogP contribution is -2.50. The summed E-state index contributed by atoms with van der Waals surface area (Å²) in [5.74, 6) is -2.00. The molecule has 0 aromatic rings. The lowest BCUT2D eigenvalue weighted by molar-refractivity contribution is -0.142. The molecule has 0 aromatic heterocycles. The number of rotatable bonds is 2. The number of aliphatic carboxylic acids is 1. The molecule has 0 radical (unpaired) electrons. The monoisotopic (exact) mass is 273 g/mol. The third kappa shape index (κ3) is 5.02. The van der Waals surface area contributed by atoms with Crippen molar-refractivity contribution >= 4 is 18.1 Å². The van der Waals surface area contributed by atoms with Gasteiger partial charge in [0.25, 0.3) is 0 Å². The SMILES string of the molecule is CC(C)(C)OC(=O)N[C@@H]1CNC(=O)NC[C@H]1C(=O)O. The quantitative estimate of drug-likeness (QED) is 0.560. The predicted octanol–water partition coefficient (Wildman–Crippen LogP) is -0.107. The summed E-state index contributed by atoms with van der Waals surface area (Å²) in [5, 5.41) is 16.4. The minimum atomic E-state index is -1.09. The standard InChI is InChI=1S/C11H19N3O5/c1-11(2,3)19-10(18)14-7-5-13-9(17)12-4-6(7)8(15)16/h6-7H,4-5H2,1-3H3,(H,14,18)(H,15,16)(H2,12,13,17)/t6-,7-/m1/s1. The lowest BCUT2D eigenvalue weighted by Gasteiger charge is -2.25. The van der Waals surface area contributed by atoms with E-state index >= 15 is 0 Å². The summed E-state index contributed by atoms with van der Waals surface area (Å²) >= 11 is 0. The average Bonchev–Trinajstić information content (AvgIpc) is 2.38. The molecule has 0 unspecified atom stereocenters. The summed E-state index contributed by atoms with van der Waals surface area (Å²) in [6.45, 7) is 5.09. The Morgan fingerprint density at radius 1 is 1.32 bits per heavy atom. The first-order valence-electron chi connectivity index (χ1n) is 5.93. The first-order valence-corrected chi connectivity index (χ1v) is 5.93. The van der Waals surface area contributed by atoms with E-state index in [0.717, 1.165) is 0 Å². The highest BCUT2D eigenvalue weighted by Gasteiger charge is 2.33. The Labute approximate surface area is 110 Å². The molecule has 8 nitrogen and oxygen atoms in total. The van der Waals surface area contributed by atoms with Gasteiger partial charge in [-0.3, -0.25) is 4.79 Å². The Hall–Kier alpha value is -1.99. The van der Waals surface area contributed by atoms with Crippen molar-refractivity contribution in [2.24, 2.45) is 5.92 Å². The summed E-state index contributed by atoms with van der Waals surface area (Å²) in [5.41, 5.74) is -0.672. The molecule has 1 heterocycles. The molecule has 1 aliphatic heterocycles. The summed E-state index contributed by atoms with van der Waals surface area (Å²) in [6, 6.07) is -1.19. The van der Waals surface area contributed by atoms with E-state index in [1.165, 1.54) is 0 Å². The molecule has 8 heteroatoms. The van der Waals surface area contributed by atoms with Crippen molar-refractivity contribution in [3.63, 3.8) is 0 Å². The number of urea groups is 1. The number of amides is 3. The van der Waals surface area contributed by atoms with Gasteiger partial charge in [-0.25, -0.2) is 9.59 Å². The number of carbonyl (C=O) groups is 3. The summed E-state index contributed by atoms with van der Waals surface area (Å²) in [7, 11) is 0. The van der Waals surface area contributed by atoms with Gasteiger partial charge in [0.1, 0.15) is 5.60 Å². The highest BCUT2D eigenvalue weighted by molar-refractivity contribution is 5.78. The van der Waals surface area contributed by atoms with Crippen LogP contribution in [0.2, 0.25) is 0 Å². The molecule has 4 N–H and O–H groups in total. The molecular weight excluding hydrogens is 254 g/mol. The molecule has 0 saturated carbocycles. The first-order chi connectivity index (χ1) is 8.69. The van der Waals surface area contributed by atoms with Crippen LogP contribution in [0.25, 0.3) is 0 Å². The van der Waals surface area contributed by atoms with Crippen molar-refractivity contribution in [2.45, 2.75) is 32.4 Å². The Balaban J connectivity index is 2.68. The number of hydrogen-bond acceptors (Lipinski definition) is 4. The molecule has 1 rings (SSSR count). The van der Waals surface area contributed by atoms with Crippen molar-refractivity contribution in [1.82, 2.24) is 16.0 Å². The van der Waals surface area contributed by atoms with Crippen LogP contribution in [0, 0.1) is 5.92 Å². The Morgan fingerprint density at radius 3 is 2.42 bits per heavy atom. The van der Waals surface area contributed by atoms with Gasteiger partial charge in [-0.15, -0.1) is 0 Å². The van der Waals surface area contributed by atoms with E-state index in [2.05, 4.69) is 16.0 Å². The number of carboxylic acids is 1. The van der Waals surface area contributed by atoms with Crippen LogP contribution in [0.3, 0.4) is 0 Å². The number of hydrogen-bond donors (Lipinski definition) is 4. The lowest BCUT2D eigenvalue weighted by atomic mass is 10.0. The van der Waals surface area contributed by atoms with Crippen LogP contribution in [0.1, 0.15) is 20.8 Å². The highest BCUT2D eigenvalue weighted by atomic mass is 16.6. The Kier molecular flexibility index (Phi) is 4.57. The molecule has 0 aliphatic carbocycles. The molecule has 3 amide bonds. The molecule has 1 saturated heterocycles. The van der Waals surface area contributed by atoms with Crippen LogP contribution < -0.4 is 16.0 Å². The minimum absolute atomic E-state index is 0.0298. The zero-order valence-corrected chi connectivity index (χ0v) is 11.1. The van der Waals surface area contributed by atoms with Gasteiger partial charge in [0.15, 0.2) is 0 Å². The fourth-order valence-corrected chi connectivity index (χ4v) is 1.62. The maximum Gasteiger partial charge on any atom is 0.407 e. The van der Waals surface area contributed by atoms with Crippen molar-refractivity contribution < 1.29 is 24.2 Å². The van der Waals surface area contributed by atoms with E-state index in [1.807, 2.05) is 0 Å². The Morgan fingerprint density at radius 2 is 1.89 bits per heavy atom. The van der Waals surface area contributed by atoms with Gasteiger partial charge in [0, 0.05) is 13.1 Å². The second kappa shape index (κ2) is 5.77. The van der Waals surface area contributed by atoms with Gasteiger partial charge in [-0.1, -0.05) is 0 Å². The summed E-state index contributed by atoms with van der Waals surface area (Å²) in [4.78, 5) is 33.9. The third-order valence-electron chi connectivity index (χ3n) is 2.47. The van der Waals surface area contributed by atoms with E-state index in [9.17, 15) is 14.4 Å². The van der Waals surface area contributed by atoms with Gasteiger partial charge < -0.3 is 25.8 Å². The molecule has 0 aromatic carbocycles. The fourth-order valence-electron chi connectivity index (χ4n) is 1.62. The molecule has 108 valence electrons. The fraction of sp³-hybridized carbons (Fsp3) is 0.727. The van der Waals surface area contributed by atoms with E-state index < -0.39 is 35.7 Å². The van der Waals surface area contributed by atoms with Gasteiger partial charge in [0.2, 0.25) is 0 Å². The zero-order chi connectivity index (χ0) is 14.6. The molecule has 0 bridgehead atoms. The van der Waals surface area contributed by atoms with Crippen molar-refractivity contribution in [3.05, 3.63) is 0 Å². The van der Waals surface area contributed by atoms with Gasteiger partial charge >= 0.3 is 18.1 Å². The number of ether oxygens (including phenoxy) is 1. The van der Waals surface area contributed by atoms with E-state index in [-0.39, 0.29) is 13.1 Å². The van der Waals surface area contributed by atoms with Crippen LogP contribution >= 0.6 is 0 Å². The van der Waals surface area contributed by atoms with Gasteiger partial charge in [-0.05, 0) is 20.8 Å². The number of carbonyl (C=O) groups excluding carboxylic acids is 2. The minimum Gasteiger partial charge on any atom is -0.481 e. The third-order valence-corrected chi connectivity index (χ3v) is 2.47. The molecular formula is C11H19N3O5. The van der Waals surface area contributed by atoms with E-state index in [1.54, 1.807) is 20.8 Å². The van der Waals surface area contributed by atoms with Gasteiger partial charge in [0.05, 0.1) is 12.0 Å². The topological polar surface area (TPSA) is 117 Å². The average molecular weight is 273 g/mol. The van der Waals surface area contributed by atoms with Crippen LogP contribution in [0.4, 0.5) is 9.59 Å². The smallest absolute Gasteiger partial charge is 0.407 e. The van der Waals surface area contributed by atoms with E-state index in [4.69, 9.17) is 9.84 Å². The van der Waals surface area contributed by atoms with Crippen LogP contribution in [0.15, 0.2) is 0 Å². The summed E-state index contributed by atoms with van der Waals surface area (Å²) in [6.07, 6.45) is -0.708. The maximum absolute atomic E-state index is 11.6. The van der Waals surface area contributed by atoms with Gasteiger partial charge in [-0.2, -0.15) is 0 Å². The molecule has 1 aliphatic rings. The maximum atomic E-state index is 11.6. The highest BCUT2D eigenvalue weighted by Crippen LogP contribution is 2.10. The zero-order valence-electron chi connectivity index (χ0n) is 11.1.